The van der Waals surface area contributed by atoms with E-state index in [2.05, 4.69) is 15.0 Å². The monoisotopic (exact) mass is 466 g/mol. The zero-order chi connectivity index (χ0) is 20.1. The van der Waals surface area contributed by atoms with Gasteiger partial charge in [0.1, 0.15) is 18.2 Å². The highest BCUT2D eigenvalue weighted by atomic mass is 35.5. The van der Waals surface area contributed by atoms with Gasteiger partial charge in [-0.15, -0.1) is 4.52 Å². The number of hydrogen-bond acceptors (Lipinski definition) is 11. The summed E-state index contributed by atoms with van der Waals surface area (Å²) < 4.78 is 28.0. The number of halogens is 1. The highest BCUT2D eigenvalue weighted by Gasteiger charge is 2.74. The molecule has 2 aromatic heterocycles. The first-order valence-corrected chi connectivity index (χ1v) is 12.4. The zero-order valence-electron chi connectivity index (χ0n) is 14.4. The van der Waals surface area contributed by atoms with E-state index in [0.29, 0.717) is 34.4 Å². The Kier molecular flexibility index (Phi) is 5.75. The van der Waals surface area contributed by atoms with Crippen LogP contribution in [0.25, 0.3) is 11.2 Å². The van der Waals surface area contributed by atoms with E-state index in [1.165, 1.54) is 17.1 Å². The lowest BCUT2D eigenvalue weighted by Gasteiger charge is -2.23. The van der Waals surface area contributed by atoms with Crippen molar-refractivity contribution in [3.63, 3.8) is 0 Å². The van der Waals surface area contributed by atoms with Crippen LogP contribution in [0.1, 0.15) is 12.5 Å². The van der Waals surface area contributed by atoms with Gasteiger partial charge in [0.05, 0.1) is 35.0 Å². The number of aromatic nitrogens is 4. The smallest absolute Gasteiger partial charge is 0.390 e. The molecule has 0 aromatic carbocycles. The summed E-state index contributed by atoms with van der Waals surface area (Å²) in [6.07, 6.45) is 0.149. The number of anilines is 1. The van der Waals surface area contributed by atoms with E-state index in [1.54, 1.807) is 4.57 Å². The molecule has 0 amide bonds. The molecule has 2 aliphatic carbocycles. The van der Waals surface area contributed by atoms with Crippen molar-refractivity contribution >= 4 is 58.5 Å². The molecule has 0 aliphatic heterocycles. The van der Waals surface area contributed by atoms with Gasteiger partial charge in [-0.1, -0.05) is 10.8 Å². The van der Waals surface area contributed by atoms with Crippen molar-refractivity contribution in [1.29, 1.82) is 0 Å². The Bertz CT molecular complexity index is 922. The van der Waals surface area contributed by atoms with Crippen molar-refractivity contribution in [1.82, 2.24) is 19.5 Å². The highest BCUT2D eigenvalue weighted by Crippen LogP contribution is 2.70. The quantitative estimate of drug-likeness (QED) is 0.148. The molecule has 6 atom stereocenters. The van der Waals surface area contributed by atoms with Gasteiger partial charge >= 0.3 is 8.03 Å². The van der Waals surface area contributed by atoms with Crippen molar-refractivity contribution in [2.75, 3.05) is 24.3 Å². The Morgan fingerprint density at radius 2 is 2.25 bits per heavy atom. The van der Waals surface area contributed by atoms with Crippen LogP contribution in [0.15, 0.2) is 6.33 Å². The summed E-state index contributed by atoms with van der Waals surface area (Å²) in [5.41, 5.74) is 5.93. The second kappa shape index (κ2) is 7.84. The van der Waals surface area contributed by atoms with Gasteiger partial charge in [-0.3, -0.25) is 0 Å². The molecule has 28 heavy (non-hydrogen) atoms. The van der Waals surface area contributed by atoms with Crippen LogP contribution in [0, 0.1) is 11.3 Å². The summed E-state index contributed by atoms with van der Waals surface area (Å²) in [6.45, 7) is 0.233. The lowest BCUT2D eigenvalue weighted by Crippen LogP contribution is -2.35. The van der Waals surface area contributed by atoms with Crippen LogP contribution in [-0.4, -0.2) is 65.0 Å². The fourth-order valence-corrected chi connectivity index (χ4v) is 6.54. The molecule has 14 heteroatoms. The lowest BCUT2D eigenvalue weighted by atomic mass is 10.0. The largest absolute Gasteiger partial charge is 0.508 e. The first-order chi connectivity index (χ1) is 13.4. The van der Waals surface area contributed by atoms with E-state index < -0.39 is 31.7 Å². The van der Waals surface area contributed by atoms with Gasteiger partial charge in [-0.25, -0.2) is 4.98 Å². The maximum absolute atomic E-state index is 12.3. The SMILES string of the molecule is Nc1nc(Cl)nc2c1ncn2[C@H]1[C@H](O)[C@H](O)[C@@]2(C[P+](=O)OCCSSO)C[C@H]12. The Morgan fingerprint density at radius 3 is 3.00 bits per heavy atom. The first-order valence-electron chi connectivity index (χ1n) is 8.41. The van der Waals surface area contributed by atoms with Gasteiger partial charge in [0, 0.05) is 5.75 Å². The number of aliphatic hydroxyl groups is 2. The number of hydrogen-bond donors (Lipinski definition) is 4. The van der Waals surface area contributed by atoms with E-state index in [9.17, 15) is 14.8 Å². The average Bonchev–Trinajstić information content (AvgIpc) is 3.12. The predicted octanol–water partition coefficient (Wildman–Crippen LogP) is 1.96. The summed E-state index contributed by atoms with van der Waals surface area (Å²) in [7, 11) is -0.808. The van der Waals surface area contributed by atoms with Gasteiger partial charge in [0.2, 0.25) is 5.28 Å². The number of nitrogens with zero attached hydrogens (tertiary/aromatic N) is 4. The summed E-state index contributed by atoms with van der Waals surface area (Å²) in [4.78, 5) is 12.3. The minimum absolute atomic E-state index is 0.0303. The summed E-state index contributed by atoms with van der Waals surface area (Å²) in [6, 6.07) is -0.491. The fourth-order valence-electron chi connectivity index (χ4n) is 4.18. The first kappa shape index (κ1) is 20.5. The van der Waals surface area contributed by atoms with E-state index in [4.69, 9.17) is 26.4 Å². The van der Waals surface area contributed by atoms with E-state index >= 15 is 0 Å². The van der Waals surface area contributed by atoms with Crippen LogP contribution in [0.4, 0.5) is 5.82 Å². The molecule has 2 saturated carbocycles. The second-order valence-electron chi connectivity index (χ2n) is 6.89. The van der Waals surface area contributed by atoms with Crippen molar-refractivity contribution in [3.05, 3.63) is 11.6 Å². The molecular weight excluding hydrogens is 449 g/mol. The number of rotatable bonds is 8. The van der Waals surface area contributed by atoms with Crippen molar-refractivity contribution < 1.29 is 23.9 Å². The predicted molar refractivity (Wildman–Crippen MR) is 107 cm³/mol. The maximum atomic E-state index is 12.3. The van der Waals surface area contributed by atoms with Gasteiger partial charge < -0.3 is 25.1 Å². The summed E-state index contributed by atoms with van der Waals surface area (Å²) >= 11 is 6.54. The van der Waals surface area contributed by atoms with Gasteiger partial charge in [0.15, 0.2) is 17.6 Å². The molecule has 0 spiro atoms. The van der Waals surface area contributed by atoms with Crippen molar-refractivity contribution in [3.8, 4) is 0 Å². The van der Waals surface area contributed by atoms with Crippen molar-refractivity contribution in [2.45, 2.75) is 24.7 Å². The fraction of sp³-hybridized carbons (Fsp3) is 0.643. The normalized spacial score (nSPS) is 31.9. The number of fused-ring (bicyclic) bond motifs is 2. The topological polar surface area (TPSA) is 157 Å². The van der Waals surface area contributed by atoms with Gasteiger partial charge in [-0.2, -0.15) is 9.97 Å². The third-order valence-corrected chi connectivity index (χ3v) is 8.21. The molecule has 10 nitrogen and oxygen atoms in total. The molecular formula is C14H18ClN5O5PS2+. The number of imidazole rings is 1. The summed E-state index contributed by atoms with van der Waals surface area (Å²) in [5, 5.41) is 21.3. The van der Waals surface area contributed by atoms with Crippen LogP contribution in [0.2, 0.25) is 5.28 Å². The molecule has 4 rings (SSSR count). The van der Waals surface area contributed by atoms with Crippen LogP contribution in [-0.2, 0) is 9.09 Å². The number of nitrogen functional groups attached to an aromatic ring is 1. The van der Waals surface area contributed by atoms with Gasteiger partial charge in [0.25, 0.3) is 0 Å². The van der Waals surface area contributed by atoms with E-state index in [-0.39, 0.29) is 29.8 Å². The minimum atomic E-state index is -2.00. The minimum Gasteiger partial charge on any atom is -0.390 e. The van der Waals surface area contributed by atoms with Crippen LogP contribution in [0.5, 0.6) is 0 Å². The van der Waals surface area contributed by atoms with Gasteiger partial charge in [-0.05, 0) is 28.5 Å². The Hall–Kier alpha value is -0.720. The third kappa shape index (κ3) is 3.39. The molecule has 0 saturated heterocycles. The molecule has 2 heterocycles. The second-order valence-corrected chi connectivity index (χ2v) is 10.4. The van der Waals surface area contributed by atoms with Crippen LogP contribution >= 0.6 is 41.5 Å². The number of nitrogens with two attached hydrogens (primary N) is 1. The van der Waals surface area contributed by atoms with Crippen LogP contribution < -0.4 is 5.73 Å². The maximum Gasteiger partial charge on any atom is 0.508 e. The molecule has 152 valence electrons. The Morgan fingerprint density at radius 1 is 1.46 bits per heavy atom. The molecule has 0 radical (unpaired) electrons. The highest BCUT2D eigenvalue weighted by molar-refractivity contribution is 8.74. The van der Waals surface area contributed by atoms with Crippen molar-refractivity contribution in [2.24, 2.45) is 11.3 Å². The third-order valence-electron chi connectivity index (χ3n) is 5.47. The molecule has 2 aromatic rings. The van der Waals surface area contributed by atoms with E-state index in [1.807, 2.05) is 0 Å². The zero-order valence-corrected chi connectivity index (χ0v) is 17.7. The Labute approximate surface area is 173 Å². The van der Waals surface area contributed by atoms with Crippen LogP contribution in [0.3, 0.4) is 0 Å². The lowest BCUT2D eigenvalue weighted by molar-refractivity contribution is -0.0132. The molecule has 2 fully saturated rings. The molecule has 1 unspecified atom stereocenters. The molecule has 5 N–H and O–H groups in total. The number of aliphatic hydroxyl groups excluding tert-OH is 2. The Balaban J connectivity index is 1.54. The average molecular weight is 467 g/mol. The summed E-state index contributed by atoms with van der Waals surface area (Å²) in [5.74, 6) is 0.532. The van der Waals surface area contributed by atoms with E-state index in [0.717, 1.165) is 0 Å². The molecule has 2 aliphatic rings. The molecule has 0 bridgehead atoms. The standard InChI is InChI=1S/C14H17ClN5O5PS2/c15-13-18-11(16)7-12(19-13)20(5-17-7)8-6-3-14(6,10(22)9(8)21)4-26(23)25-1-2-27-28-24/h5-6,8-10,21-22H,1-4H2,(H2-,16,18,19,24)/p+1/t6-,8-,9+,10+,14-/m1/s1.